The molecule has 0 radical (unpaired) electrons. The van der Waals surface area contributed by atoms with Gasteiger partial charge < -0.3 is 10.1 Å². The van der Waals surface area contributed by atoms with Crippen LogP contribution >= 0.6 is 11.6 Å². The van der Waals surface area contributed by atoms with Gasteiger partial charge in [0.1, 0.15) is 0 Å². The Bertz CT molecular complexity index is 528. The fourth-order valence-electron chi connectivity index (χ4n) is 1.59. The molecule has 94 valence electrons. The molecule has 1 N–H and O–H groups in total. The van der Waals surface area contributed by atoms with Crippen LogP contribution in [0.4, 0.5) is 10.1 Å². The third-order valence-corrected chi connectivity index (χ3v) is 2.81. The molecule has 0 aliphatic heterocycles. The molecule has 0 spiro atoms. The number of hydrogen-bond acceptors (Lipinski definition) is 2. The van der Waals surface area contributed by atoms with Crippen molar-refractivity contribution in [3.8, 4) is 5.75 Å². The summed E-state index contributed by atoms with van der Waals surface area (Å²) in [6.45, 7) is 0.544. The highest BCUT2D eigenvalue weighted by molar-refractivity contribution is 6.30. The van der Waals surface area contributed by atoms with Crippen LogP contribution in [0.5, 0.6) is 5.75 Å². The van der Waals surface area contributed by atoms with Crippen molar-refractivity contribution in [2.45, 2.75) is 6.54 Å². The molecule has 0 unspecified atom stereocenters. The van der Waals surface area contributed by atoms with E-state index < -0.39 is 0 Å². The molecular weight excluding hydrogens is 253 g/mol. The predicted octanol–water partition coefficient (Wildman–Crippen LogP) is 4.10. The van der Waals surface area contributed by atoms with Crippen molar-refractivity contribution in [1.29, 1.82) is 0 Å². The SMILES string of the molecule is COc1ccc(CNc2ccc(Cl)cc2)cc1F. The van der Waals surface area contributed by atoms with E-state index in [1.54, 1.807) is 18.2 Å². The van der Waals surface area contributed by atoms with Gasteiger partial charge in [-0.05, 0) is 42.0 Å². The summed E-state index contributed by atoms with van der Waals surface area (Å²) >= 11 is 5.79. The highest BCUT2D eigenvalue weighted by Gasteiger charge is 2.03. The van der Waals surface area contributed by atoms with E-state index in [9.17, 15) is 4.39 Å². The average Bonchev–Trinajstić information content (AvgIpc) is 2.38. The molecule has 0 heterocycles. The Morgan fingerprint density at radius 1 is 1.17 bits per heavy atom. The second kappa shape index (κ2) is 5.74. The Labute approximate surface area is 110 Å². The van der Waals surface area contributed by atoms with Crippen molar-refractivity contribution in [1.82, 2.24) is 0 Å². The zero-order chi connectivity index (χ0) is 13.0. The normalized spacial score (nSPS) is 10.2. The van der Waals surface area contributed by atoms with E-state index in [0.29, 0.717) is 11.6 Å². The van der Waals surface area contributed by atoms with Gasteiger partial charge in [-0.15, -0.1) is 0 Å². The average molecular weight is 266 g/mol. The molecule has 18 heavy (non-hydrogen) atoms. The van der Waals surface area contributed by atoms with E-state index in [4.69, 9.17) is 16.3 Å². The van der Waals surface area contributed by atoms with Crippen LogP contribution in [-0.4, -0.2) is 7.11 Å². The number of methoxy groups -OCH3 is 1. The van der Waals surface area contributed by atoms with Gasteiger partial charge in [0, 0.05) is 17.3 Å². The van der Waals surface area contributed by atoms with Crippen LogP contribution in [0.1, 0.15) is 5.56 Å². The van der Waals surface area contributed by atoms with Crippen molar-refractivity contribution in [2.75, 3.05) is 12.4 Å². The lowest BCUT2D eigenvalue weighted by molar-refractivity contribution is 0.386. The summed E-state index contributed by atoms with van der Waals surface area (Å²) in [7, 11) is 1.45. The zero-order valence-electron chi connectivity index (χ0n) is 9.91. The minimum Gasteiger partial charge on any atom is -0.494 e. The number of nitrogens with one attached hydrogen (secondary N) is 1. The lowest BCUT2D eigenvalue weighted by Gasteiger charge is -2.08. The van der Waals surface area contributed by atoms with Gasteiger partial charge in [-0.1, -0.05) is 17.7 Å². The summed E-state index contributed by atoms with van der Waals surface area (Å²) in [5.74, 6) is -0.0989. The maximum Gasteiger partial charge on any atom is 0.165 e. The molecule has 2 aromatic carbocycles. The summed E-state index contributed by atoms with van der Waals surface area (Å²) in [6, 6.07) is 12.3. The molecule has 0 amide bonds. The minimum absolute atomic E-state index is 0.255. The van der Waals surface area contributed by atoms with Gasteiger partial charge >= 0.3 is 0 Å². The van der Waals surface area contributed by atoms with Crippen LogP contribution in [-0.2, 0) is 6.54 Å². The van der Waals surface area contributed by atoms with E-state index in [1.807, 2.05) is 18.2 Å². The second-order valence-corrected chi connectivity index (χ2v) is 4.27. The first-order chi connectivity index (χ1) is 8.69. The highest BCUT2D eigenvalue weighted by Crippen LogP contribution is 2.19. The maximum absolute atomic E-state index is 13.5. The maximum atomic E-state index is 13.5. The third-order valence-electron chi connectivity index (χ3n) is 2.56. The Hall–Kier alpha value is -1.74. The molecule has 0 bridgehead atoms. The van der Waals surface area contributed by atoms with Crippen molar-refractivity contribution < 1.29 is 9.13 Å². The number of halogens is 2. The molecular formula is C14H13ClFNO. The van der Waals surface area contributed by atoms with E-state index in [-0.39, 0.29) is 11.6 Å². The first-order valence-corrected chi connectivity index (χ1v) is 5.88. The van der Waals surface area contributed by atoms with Crippen LogP contribution in [0.15, 0.2) is 42.5 Å². The number of ether oxygens (including phenoxy) is 1. The molecule has 0 aliphatic carbocycles. The van der Waals surface area contributed by atoms with E-state index in [0.717, 1.165) is 11.3 Å². The van der Waals surface area contributed by atoms with Crippen molar-refractivity contribution >= 4 is 17.3 Å². The lowest BCUT2D eigenvalue weighted by atomic mass is 10.2. The summed E-state index contributed by atoms with van der Waals surface area (Å²) in [4.78, 5) is 0. The Morgan fingerprint density at radius 3 is 2.50 bits per heavy atom. The second-order valence-electron chi connectivity index (χ2n) is 3.83. The van der Waals surface area contributed by atoms with Gasteiger partial charge in [-0.25, -0.2) is 4.39 Å². The highest BCUT2D eigenvalue weighted by atomic mass is 35.5. The van der Waals surface area contributed by atoms with Gasteiger partial charge in [0.05, 0.1) is 7.11 Å². The quantitative estimate of drug-likeness (QED) is 0.899. The van der Waals surface area contributed by atoms with Crippen LogP contribution in [0, 0.1) is 5.82 Å². The largest absolute Gasteiger partial charge is 0.494 e. The van der Waals surface area contributed by atoms with E-state index in [1.165, 1.54) is 13.2 Å². The molecule has 0 aromatic heterocycles. The summed E-state index contributed by atoms with van der Waals surface area (Å²) in [6.07, 6.45) is 0. The van der Waals surface area contributed by atoms with Crippen molar-refractivity contribution in [3.63, 3.8) is 0 Å². The number of benzene rings is 2. The topological polar surface area (TPSA) is 21.3 Å². The van der Waals surface area contributed by atoms with Gasteiger partial charge in [0.25, 0.3) is 0 Å². The number of rotatable bonds is 4. The molecule has 0 aliphatic rings. The van der Waals surface area contributed by atoms with Crippen LogP contribution in [0.3, 0.4) is 0 Å². The fraction of sp³-hybridized carbons (Fsp3) is 0.143. The van der Waals surface area contributed by atoms with Crippen molar-refractivity contribution in [2.24, 2.45) is 0 Å². The molecule has 0 atom stereocenters. The van der Waals surface area contributed by atoms with E-state index in [2.05, 4.69) is 5.32 Å². The molecule has 2 aromatic rings. The molecule has 4 heteroatoms. The zero-order valence-corrected chi connectivity index (χ0v) is 10.7. The van der Waals surface area contributed by atoms with Gasteiger partial charge in [0.15, 0.2) is 11.6 Å². The summed E-state index contributed by atoms with van der Waals surface area (Å²) < 4.78 is 18.3. The Balaban J connectivity index is 2.02. The molecule has 0 saturated heterocycles. The number of hydrogen-bond donors (Lipinski definition) is 1. The monoisotopic (exact) mass is 265 g/mol. The third kappa shape index (κ3) is 3.14. The molecule has 0 fully saturated rings. The van der Waals surface area contributed by atoms with E-state index >= 15 is 0 Å². The Kier molecular flexibility index (Phi) is 4.05. The summed E-state index contributed by atoms with van der Waals surface area (Å²) in [5.41, 5.74) is 1.79. The van der Waals surface area contributed by atoms with Gasteiger partial charge in [-0.2, -0.15) is 0 Å². The number of anilines is 1. The Morgan fingerprint density at radius 2 is 1.89 bits per heavy atom. The van der Waals surface area contributed by atoms with Gasteiger partial charge in [-0.3, -0.25) is 0 Å². The molecule has 0 saturated carbocycles. The standard InChI is InChI=1S/C14H13ClFNO/c1-18-14-7-2-10(8-13(14)16)9-17-12-5-3-11(15)4-6-12/h2-8,17H,9H2,1H3. The predicted molar refractivity (Wildman–Crippen MR) is 71.7 cm³/mol. The lowest BCUT2D eigenvalue weighted by Crippen LogP contribution is -2.00. The minimum atomic E-state index is -0.354. The van der Waals surface area contributed by atoms with Crippen LogP contribution < -0.4 is 10.1 Å². The first-order valence-electron chi connectivity index (χ1n) is 5.51. The summed E-state index contributed by atoms with van der Waals surface area (Å²) in [5, 5.41) is 3.88. The first kappa shape index (κ1) is 12.7. The van der Waals surface area contributed by atoms with Crippen molar-refractivity contribution in [3.05, 3.63) is 58.9 Å². The van der Waals surface area contributed by atoms with Crippen LogP contribution in [0.2, 0.25) is 5.02 Å². The molecule has 2 nitrogen and oxygen atoms in total. The van der Waals surface area contributed by atoms with Gasteiger partial charge in [0.2, 0.25) is 0 Å². The smallest absolute Gasteiger partial charge is 0.165 e. The molecule has 2 rings (SSSR count). The fourth-order valence-corrected chi connectivity index (χ4v) is 1.72. The van der Waals surface area contributed by atoms with Crippen LogP contribution in [0.25, 0.3) is 0 Å².